The van der Waals surface area contributed by atoms with Gasteiger partial charge in [-0.1, -0.05) is 42.5 Å². The molecule has 0 bridgehead atoms. The fourth-order valence-corrected chi connectivity index (χ4v) is 4.49. The highest BCUT2D eigenvalue weighted by Crippen LogP contribution is 2.25. The third-order valence-corrected chi connectivity index (χ3v) is 6.11. The molecule has 7 nitrogen and oxygen atoms in total. The molecule has 0 radical (unpaired) electrons. The summed E-state index contributed by atoms with van der Waals surface area (Å²) in [7, 11) is 1.65. The van der Waals surface area contributed by atoms with Crippen molar-refractivity contribution in [2.24, 2.45) is 4.99 Å². The summed E-state index contributed by atoms with van der Waals surface area (Å²) in [5.41, 5.74) is 3.01. The Morgan fingerprint density at radius 1 is 1.12 bits per heavy atom. The monoisotopic (exact) mass is 435 g/mol. The molecule has 0 saturated carbocycles. The van der Waals surface area contributed by atoms with Crippen LogP contribution < -0.4 is 10.6 Å². The highest BCUT2D eigenvalue weighted by molar-refractivity contribution is 5.94. The molecular formula is C25H33N5O2. The molecule has 2 N–H and O–H groups in total. The molecule has 2 aromatic rings. The van der Waals surface area contributed by atoms with Crippen LogP contribution in [0.3, 0.4) is 0 Å². The predicted molar refractivity (Wildman–Crippen MR) is 127 cm³/mol. The van der Waals surface area contributed by atoms with E-state index < -0.39 is 0 Å². The third kappa shape index (κ3) is 5.29. The maximum absolute atomic E-state index is 11.9. The lowest BCUT2D eigenvalue weighted by atomic mass is 10.1. The number of aliphatic imine (C=N–C) groups is 1. The molecule has 2 atom stereocenters. The van der Waals surface area contributed by atoms with E-state index in [1.807, 2.05) is 24.3 Å². The zero-order chi connectivity index (χ0) is 22.3. The number of hydrogen-bond acceptors (Lipinski definition) is 4. The fraction of sp³-hybridized carbons (Fsp3) is 0.440. The Morgan fingerprint density at radius 2 is 1.94 bits per heavy atom. The van der Waals surface area contributed by atoms with Crippen LogP contribution in [0.5, 0.6) is 0 Å². The van der Waals surface area contributed by atoms with Crippen LogP contribution in [-0.2, 0) is 17.8 Å². The number of rotatable bonds is 6. The topological polar surface area (TPSA) is 69.2 Å². The molecule has 2 aromatic carbocycles. The average molecular weight is 436 g/mol. The number of morpholine rings is 1. The van der Waals surface area contributed by atoms with Gasteiger partial charge in [0.1, 0.15) is 0 Å². The smallest absolute Gasteiger partial charge is 0.251 e. The van der Waals surface area contributed by atoms with E-state index >= 15 is 0 Å². The second-order valence-electron chi connectivity index (χ2n) is 8.29. The molecule has 2 aliphatic rings. The van der Waals surface area contributed by atoms with Gasteiger partial charge < -0.3 is 20.3 Å². The number of likely N-dealkylation sites (tertiary alicyclic amines) is 1. The van der Waals surface area contributed by atoms with Gasteiger partial charge in [0.05, 0.1) is 25.3 Å². The lowest BCUT2D eigenvalue weighted by Crippen LogP contribution is -2.50. The average Bonchev–Trinajstić information content (AvgIpc) is 3.27. The maximum Gasteiger partial charge on any atom is 0.251 e. The molecule has 4 rings (SSSR count). The summed E-state index contributed by atoms with van der Waals surface area (Å²) in [6, 6.07) is 18.6. The predicted octanol–water partition coefficient (Wildman–Crippen LogP) is 2.10. The van der Waals surface area contributed by atoms with Gasteiger partial charge >= 0.3 is 0 Å². The molecule has 2 heterocycles. The van der Waals surface area contributed by atoms with Crippen LogP contribution in [0.15, 0.2) is 59.6 Å². The van der Waals surface area contributed by atoms with E-state index in [-0.39, 0.29) is 12.0 Å². The first-order valence-corrected chi connectivity index (χ1v) is 11.4. The summed E-state index contributed by atoms with van der Waals surface area (Å²) in [4.78, 5) is 21.7. The van der Waals surface area contributed by atoms with Crippen LogP contribution in [-0.4, -0.2) is 73.6 Å². The van der Waals surface area contributed by atoms with Crippen molar-refractivity contribution in [2.75, 3.05) is 39.8 Å². The minimum atomic E-state index is -0.0815. The highest BCUT2D eigenvalue weighted by atomic mass is 16.5. The SMILES string of the molecule is CCNC(=NCc1cccc(C(=O)NC)c1)N1CC2OCCN(Cc3ccccc3)C2C1. The molecule has 0 spiro atoms. The van der Waals surface area contributed by atoms with Gasteiger partial charge in [-0.15, -0.1) is 0 Å². The third-order valence-electron chi connectivity index (χ3n) is 6.11. The van der Waals surface area contributed by atoms with Crippen LogP contribution >= 0.6 is 0 Å². The Balaban J connectivity index is 1.45. The highest BCUT2D eigenvalue weighted by Gasteiger charge is 2.41. The second kappa shape index (κ2) is 10.6. The zero-order valence-electron chi connectivity index (χ0n) is 19.0. The van der Waals surface area contributed by atoms with E-state index in [9.17, 15) is 4.79 Å². The number of nitrogens with zero attached hydrogens (tertiary/aromatic N) is 3. The Bertz CT molecular complexity index is 933. The van der Waals surface area contributed by atoms with Crippen molar-refractivity contribution in [3.63, 3.8) is 0 Å². The van der Waals surface area contributed by atoms with E-state index in [1.165, 1.54) is 5.56 Å². The van der Waals surface area contributed by atoms with Crippen molar-refractivity contribution in [3.8, 4) is 0 Å². The number of guanidine groups is 1. The molecule has 1 amide bonds. The summed E-state index contributed by atoms with van der Waals surface area (Å²) in [5.74, 6) is 0.817. The lowest BCUT2D eigenvalue weighted by Gasteiger charge is -2.36. The normalized spacial score (nSPS) is 21.3. The van der Waals surface area contributed by atoms with E-state index in [0.717, 1.165) is 50.9 Å². The number of benzene rings is 2. The van der Waals surface area contributed by atoms with Gasteiger partial charge in [-0.3, -0.25) is 9.69 Å². The summed E-state index contributed by atoms with van der Waals surface area (Å²) in [6.07, 6.45) is 0.188. The first-order chi connectivity index (χ1) is 15.7. The van der Waals surface area contributed by atoms with Gasteiger partial charge in [0, 0.05) is 45.3 Å². The van der Waals surface area contributed by atoms with Crippen molar-refractivity contribution < 1.29 is 9.53 Å². The largest absolute Gasteiger partial charge is 0.373 e. The quantitative estimate of drug-likeness (QED) is 0.537. The van der Waals surface area contributed by atoms with Gasteiger partial charge in [0.2, 0.25) is 0 Å². The molecule has 0 aliphatic carbocycles. The van der Waals surface area contributed by atoms with E-state index in [2.05, 4.69) is 57.7 Å². The van der Waals surface area contributed by atoms with Crippen LogP contribution in [0.4, 0.5) is 0 Å². The van der Waals surface area contributed by atoms with Crippen molar-refractivity contribution >= 4 is 11.9 Å². The van der Waals surface area contributed by atoms with Gasteiger partial charge in [0.25, 0.3) is 5.91 Å². The molecule has 170 valence electrons. The van der Waals surface area contributed by atoms with Gasteiger partial charge in [-0.05, 0) is 30.2 Å². The molecule has 2 aliphatic heterocycles. The molecule has 2 unspecified atom stereocenters. The summed E-state index contributed by atoms with van der Waals surface area (Å²) in [5, 5.41) is 6.11. The van der Waals surface area contributed by atoms with E-state index in [0.29, 0.717) is 18.2 Å². The number of nitrogens with one attached hydrogen (secondary N) is 2. The van der Waals surface area contributed by atoms with Crippen molar-refractivity contribution in [3.05, 3.63) is 71.3 Å². The Hall–Kier alpha value is -2.90. The zero-order valence-corrected chi connectivity index (χ0v) is 19.0. The van der Waals surface area contributed by atoms with Crippen LogP contribution in [0.25, 0.3) is 0 Å². The lowest BCUT2D eigenvalue weighted by molar-refractivity contribution is -0.0502. The van der Waals surface area contributed by atoms with Gasteiger partial charge in [0.15, 0.2) is 5.96 Å². The summed E-state index contributed by atoms with van der Waals surface area (Å²) < 4.78 is 6.14. The van der Waals surface area contributed by atoms with Crippen molar-refractivity contribution in [2.45, 2.75) is 32.2 Å². The van der Waals surface area contributed by atoms with Gasteiger partial charge in [-0.25, -0.2) is 4.99 Å². The number of hydrogen-bond donors (Lipinski definition) is 2. The Kier molecular flexibility index (Phi) is 7.39. The Labute approximate surface area is 190 Å². The second-order valence-corrected chi connectivity index (χ2v) is 8.29. The standard InChI is InChI=1S/C25H33N5O2/c1-3-27-25(28-15-20-10-7-11-21(14-20)24(31)26-2)30-17-22-23(18-30)32-13-12-29(22)16-19-8-5-4-6-9-19/h4-11,14,22-23H,3,12-13,15-18H2,1-2H3,(H,26,31)(H,27,28). The minimum absolute atomic E-state index is 0.0815. The van der Waals surface area contributed by atoms with Gasteiger partial charge in [-0.2, -0.15) is 0 Å². The first-order valence-electron chi connectivity index (χ1n) is 11.4. The summed E-state index contributed by atoms with van der Waals surface area (Å²) >= 11 is 0. The van der Waals surface area contributed by atoms with Crippen molar-refractivity contribution in [1.82, 2.24) is 20.4 Å². The van der Waals surface area contributed by atoms with Crippen LogP contribution in [0.1, 0.15) is 28.4 Å². The summed E-state index contributed by atoms with van der Waals surface area (Å²) in [6.45, 7) is 7.79. The molecular weight excluding hydrogens is 402 g/mol. The Morgan fingerprint density at radius 3 is 2.72 bits per heavy atom. The van der Waals surface area contributed by atoms with E-state index in [4.69, 9.17) is 9.73 Å². The molecule has 32 heavy (non-hydrogen) atoms. The number of fused-ring (bicyclic) bond motifs is 1. The minimum Gasteiger partial charge on any atom is -0.373 e. The van der Waals surface area contributed by atoms with Crippen LogP contribution in [0, 0.1) is 0 Å². The molecule has 2 fully saturated rings. The number of ether oxygens (including phenoxy) is 1. The maximum atomic E-state index is 11.9. The number of amides is 1. The number of carbonyl (C=O) groups excluding carboxylic acids is 1. The molecule has 7 heteroatoms. The first kappa shape index (κ1) is 22.3. The fourth-order valence-electron chi connectivity index (χ4n) is 4.49. The number of carbonyl (C=O) groups is 1. The molecule has 2 saturated heterocycles. The molecule has 0 aromatic heterocycles. The van der Waals surface area contributed by atoms with Crippen LogP contribution in [0.2, 0.25) is 0 Å². The van der Waals surface area contributed by atoms with E-state index in [1.54, 1.807) is 7.05 Å². The van der Waals surface area contributed by atoms with Crippen molar-refractivity contribution in [1.29, 1.82) is 0 Å².